The molecule has 0 radical (unpaired) electrons. The number of nitrogens with two attached hydrogens (primary N) is 5. The number of nitrogens with zero attached hydrogens (tertiary/aromatic N) is 2. The molecule has 15 amide bonds. The maximum Gasteiger partial charge on any atom is 0.326 e. The lowest BCUT2D eigenvalue weighted by molar-refractivity contribution is -0.142. The highest BCUT2D eigenvalue weighted by Crippen LogP contribution is 2.24. The van der Waals surface area contributed by atoms with E-state index in [4.69, 9.17) is 34.1 Å². The lowest BCUT2D eigenvalue weighted by Gasteiger charge is -2.30. The fraction of sp³-hybridized carbons (Fsp3) is 0.539. The van der Waals surface area contributed by atoms with Crippen LogP contribution >= 0.6 is 11.8 Å². The number of phenolic OH excluding ortho intramolecular Hbond substituents is 1. The minimum atomic E-state index is -1.81. The van der Waals surface area contributed by atoms with Crippen LogP contribution in [0, 0.1) is 11.3 Å². The van der Waals surface area contributed by atoms with E-state index >= 15 is 14.4 Å². The molecule has 3 heterocycles. The van der Waals surface area contributed by atoms with Gasteiger partial charge < -0.3 is 149 Å². The SMILES string of the molecule is CSCC[C@H](NC(=O)[C@H](CO)NC(=O)[C@H](Cc1ccc(O)cc1)NC(=O)[C@@H](N)CO)C(=O)N[C@@H](CCC(=O)O)C(=O)N[C@@H](Cc1c[nH]cn1)C(=O)N[C@@H](Cc1ccccc1)C(=O)N[C@@H](CCCNC(=N)N)C(=O)N[C@@H](Cc1c[nH]c2ccccc12)C(=O)NCC(=O)N[C@@H](CCCCN)C(=O)N1CCC[C@H]1C(=O)N[C@H](C(=O)NCC(=O)N[C@@H](CCCCN)C(=O)N[C@@H](CCCCN)C(=O)O)C(C)C. The summed E-state index contributed by atoms with van der Waals surface area (Å²) in [4.78, 5) is 251. The van der Waals surface area contributed by atoms with Gasteiger partial charge in [-0.15, -0.1) is 0 Å². The number of carboxylic acid groups (broad SMARTS) is 2. The summed E-state index contributed by atoms with van der Waals surface area (Å²) < 4.78 is 0. The van der Waals surface area contributed by atoms with E-state index in [9.17, 15) is 92.7 Å². The van der Waals surface area contributed by atoms with Gasteiger partial charge in [-0.2, -0.15) is 11.8 Å². The van der Waals surface area contributed by atoms with E-state index in [2.05, 4.69) is 94.7 Å². The van der Waals surface area contributed by atoms with Crippen molar-refractivity contribution in [2.24, 2.45) is 34.6 Å². The number of amides is 15. The Morgan fingerprint density at radius 1 is 0.496 bits per heavy atom. The van der Waals surface area contributed by atoms with Gasteiger partial charge in [-0.3, -0.25) is 82.1 Å². The average Bonchev–Trinajstić information content (AvgIpc) is 1.71. The Hall–Kier alpha value is -13.4. The first kappa shape index (κ1) is 112. The van der Waals surface area contributed by atoms with E-state index in [1.165, 1.54) is 53.5 Å². The normalized spacial score (nSPS) is 15.1. The Morgan fingerprint density at radius 2 is 0.964 bits per heavy atom. The zero-order valence-electron chi connectivity index (χ0n) is 77.0. The number of nitrogens with one attached hydrogen (secondary N) is 18. The number of likely N-dealkylation sites (tertiary alicyclic amines) is 1. The minimum Gasteiger partial charge on any atom is -0.508 e. The number of aliphatic carboxylic acids is 2. The zero-order valence-corrected chi connectivity index (χ0v) is 77.8. The molecule has 6 rings (SSSR count). The summed E-state index contributed by atoms with van der Waals surface area (Å²) in [6.45, 7) is 0.732. The molecule has 2 aromatic heterocycles. The number of benzene rings is 3. The number of fused-ring (bicyclic) bond motifs is 1. The van der Waals surface area contributed by atoms with Gasteiger partial charge in [0.05, 0.1) is 38.3 Å². The summed E-state index contributed by atoms with van der Waals surface area (Å²) >= 11 is 1.23. The van der Waals surface area contributed by atoms with Gasteiger partial charge in [-0.25, -0.2) is 9.78 Å². The van der Waals surface area contributed by atoms with Gasteiger partial charge in [-0.1, -0.05) is 74.5 Å². The van der Waals surface area contributed by atoms with Crippen molar-refractivity contribution < 1.29 is 107 Å². The first-order valence-corrected chi connectivity index (χ1v) is 46.8. The van der Waals surface area contributed by atoms with Crippen LogP contribution in [0.1, 0.15) is 139 Å². The average molecular weight is 1940 g/mol. The van der Waals surface area contributed by atoms with Crippen molar-refractivity contribution in [2.75, 3.05) is 71.0 Å². The number of aliphatic hydroxyl groups excluding tert-OH is 2. The number of para-hydroxylation sites is 1. The highest BCUT2D eigenvalue weighted by Gasteiger charge is 2.42. The first-order valence-electron chi connectivity index (χ1n) is 45.4. The van der Waals surface area contributed by atoms with Crippen molar-refractivity contribution in [1.29, 1.82) is 5.41 Å². The molecule has 1 fully saturated rings. The number of aromatic hydroxyl groups is 1. The fourth-order valence-electron chi connectivity index (χ4n) is 14.9. The van der Waals surface area contributed by atoms with Crippen molar-refractivity contribution in [3.05, 3.63) is 120 Å². The molecule has 33 N–H and O–H groups in total. The number of imidazole rings is 1. The Bertz CT molecular complexity index is 4820. The number of H-pyrrole nitrogens is 2. The molecule has 3 aromatic carbocycles. The van der Waals surface area contributed by atoms with E-state index in [-0.39, 0.29) is 108 Å². The second-order valence-electron chi connectivity index (χ2n) is 33.4. The Morgan fingerprint density at radius 3 is 1.50 bits per heavy atom. The van der Waals surface area contributed by atoms with Gasteiger partial charge in [0.15, 0.2) is 5.96 Å². The summed E-state index contributed by atoms with van der Waals surface area (Å²) in [5, 5.41) is 96.7. The molecule has 0 unspecified atom stereocenters. The van der Waals surface area contributed by atoms with Crippen LogP contribution in [-0.4, -0.2) is 308 Å². The second kappa shape index (κ2) is 59.5. The minimum absolute atomic E-state index is 0.00661. The lowest BCUT2D eigenvalue weighted by Crippen LogP contribution is -2.61. The highest BCUT2D eigenvalue weighted by molar-refractivity contribution is 7.98. The molecule has 14 atom stereocenters. The number of carboxylic acids is 2. The molecular formula is C89H133N25O22S. The Labute approximate surface area is 795 Å². The topological polar surface area (TPSA) is 773 Å². The van der Waals surface area contributed by atoms with Gasteiger partial charge in [-0.05, 0) is 169 Å². The van der Waals surface area contributed by atoms with E-state index in [0.717, 1.165) is 0 Å². The highest BCUT2D eigenvalue weighted by atomic mass is 32.2. The summed E-state index contributed by atoms with van der Waals surface area (Å²) in [5.41, 5.74) is 30.7. The molecule has 0 spiro atoms. The number of aliphatic hydroxyl groups is 2. The third-order valence-electron chi connectivity index (χ3n) is 22.4. The first-order chi connectivity index (χ1) is 65.5. The molecule has 48 heteroatoms. The van der Waals surface area contributed by atoms with Crippen LogP contribution in [0.2, 0.25) is 0 Å². The van der Waals surface area contributed by atoms with Crippen LogP contribution in [0.3, 0.4) is 0 Å². The molecular weight excluding hydrogens is 1800 g/mol. The number of rotatable bonds is 63. The van der Waals surface area contributed by atoms with Crippen LogP contribution in [0.5, 0.6) is 5.75 Å². The summed E-state index contributed by atoms with van der Waals surface area (Å²) in [7, 11) is 0. The zero-order chi connectivity index (χ0) is 101. The fourth-order valence-corrected chi connectivity index (χ4v) is 15.3. The van der Waals surface area contributed by atoms with Crippen molar-refractivity contribution in [2.45, 2.75) is 227 Å². The van der Waals surface area contributed by atoms with E-state index < -0.39 is 243 Å². The number of hydrogen-bond acceptors (Lipinski definition) is 27. The van der Waals surface area contributed by atoms with Crippen LogP contribution in [-0.2, 0) is 107 Å². The molecule has 0 saturated carbocycles. The van der Waals surface area contributed by atoms with E-state index in [0.29, 0.717) is 79.1 Å². The molecule has 0 aliphatic carbocycles. The molecule has 47 nitrogen and oxygen atoms in total. The molecule has 752 valence electrons. The monoisotopic (exact) mass is 1940 g/mol. The number of guanidine groups is 1. The van der Waals surface area contributed by atoms with Gasteiger partial charge >= 0.3 is 11.9 Å². The predicted octanol–water partition coefficient (Wildman–Crippen LogP) is -5.77. The van der Waals surface area contributed by atoms with Crippen molar-refractivity contribution >= 4 is 129 Å². The lowest BCUT2D eigenvalue weighted by atomic mass is 10.0. The molecule has 1 aliphatic rings. The van der Waals surface area contributed by atoms with Crippen molar-refractivity contribution in [1.82, 2.24) is 99.6 Å². The van der Waals surface area contributed by atoms with Gasteiger partial charge in [0, 0.05) is 68.5 Å². The Balaban J connectivity index is 1.22. The Kier molecular flexibility index (Phi) is 48.7. The summed E-state index contributed by atoms with van der Waals surface area (Å²) in [5.74, 6) is -17.7. The predicted molar refractivity (Wildman–Crippen MR) is 503 cm³/mol. The number of unbranched alkanes of at least 4 members (excludes halogenated alkanes) is 3. The van der Waals surface area contributed by atoms with E-state index in [1.807, 2.05) is 0 Å². The number of aromatic nitrogens is 3. The number of hydrogen-bond donors (Lipinski definition) is 28. The standard InChI is InChI=1S/C89H133N25O22S/c1-50(2)74(86(133)100-46-71(118)102-59(21-9-12-33-90)77(124)107-64(88(135)136)23-11-14-35-92)113-85(132)70-25-16-37-114(70)87(134)63(22-10-13-34-91)103-72(119)45-99-76(123)67(41-53-43-98-58-20-8-7-19-56(53)58)110-78(125)60(24-15-36-97-89(94)95)104-81(128)66(39-51-17-5-4-6-18-51)109-83(130)68(42-54-44-96-49-101-54)111-79(126)61(30-31-73(120)121)105-80(127)62(32-38-137-3)106-84(131)69(48-116)112-82(129)65(108-75(122)57(93)47-115)40-52-26-28-55(117)29-27-52/h4-8,17-20,26-29,43-44,49-50,57,59-70,74,98,115-117H,9-16,21-25,30-42,45-48,90-93H2,1-3H3,(H,96,101)(H,99,123)(H,100,133)(H,102,118)(H,103,119)(H,104,128)(H,105,127)(H,106,131)(H,107,124)(H,108,122)(H,109,130)(H,110,125)(H,111,126)(H,112,129)(H,113,132)(H,120,121)(H,135,136)(H4,94,95,97)/t57-,59-,60-,61-,62-,63-,64-,65-,66-,67-,68-,69-,70-,74-/m0/s1. The van der Waals surface area contributed by atoms with Gasteiger partial charge in [0.2, 0.25) is 88.6 Å². The molecule has 1 saturated heterocycles. The molecule has 1 aliphatic heterocycles. The number of carbonyl (C=O) groups is 17. The summed E-state index contributed by atoms with van der Waals surface area (Å²) in [6, 6.07) is -0.156. The molecule has 0 bridgehead atoms. The smallest absolute Gasteiger partial charge is 0.326 e. The number of thioether (sulfide) groups is 1. The molecule has 137 heavy (non-hydrogen) atoms. The van der Waals surface area contributed by atoms with Gasteiger partial charge in [0.1, 0.15) is 90.3 Å². The third-order valence-corrected chi connectivity index (χ3v) is 23.1. The van der Waals surface area contributed by atoms with Crippen LogP contribution in [0.25, 0.3) is 10.9 Å². The quantitative estimate of drug-likeness (QED) is 0.00980. The van der Waals surface area contributed by atoms with Crippen molar-refractivity contribution in [3.8, 4) is 5.75 Å². The van der Waals surface area contributed by atoms with Crippen LogP contribution in [0.4, 0.5) is 0 Å². The van der Waals surface area contributed by atoms with Gasteiger partial charge in [0.25, 0.3) is 0 Å². The second-order valence-corrected chi connectivity index (χ2v) is 34.4. The van der Waals surface area contributed by atoms with Crippen molar-refractivity contribution in [3.63, 3.8) is 0 Å². The summed E-state index contributed by atoms with van der Waals surface area (Å²) in [6.07, 6.45) is 6.05. The maximum atomic E-state index is 15.3. The van der Waals surface area contributed by atoms with Crippen LogP contribution < -0.4 is 108 Å². The van der Waals surface area contributed by atoms with Crippen LogP contribution in [0.15, 0.2) is 97.6 Å². The molecule has 5 aromatic rings. The third kappa shape index (κ3) is 38.7. The number of aromatic amines is 2. The number of phenols is 1. The maximum absolute atomic E-state index is 15.3. The largest absolute Gasteiger partial charge is 0.508 e. The number of carbonyl (C=O) groups excluding carboxylic acids is 15. The van der Waals surface area contributed by atoms with E-state index in [1.54, 1.807) is 80.9 Å².